The second kappa shape index (κ2) is 8.85. The van der Waals surface area contributed by atoms with Crippen molar-refractivity contribution in [3.05, 3.63) is 64.7 Å². The van der Waals surface area contributed by atoms with Gasteiger partial charge in [-0.2, -0.15) is 0 Å². The Labute approximate surface area is 180 Å². The number of thiazole rings is 1. The molecule has 3 aromatic rings. The average molecular weight is 424 g/mol. The lowest BCUT2D eigenvalue weighted by Crippen LogP contribution is -2.24. The summed E-state index contributed by atoms with van der Waals surface area (Å²) in [4.78, 5) is 21.1. The lowest BCUT2D eigenvalue weighted by molar-refractivity contribution is -0.115. The minimum Gasteiger partial charge on any atom is -0.454 e. The molecule has 6 nitrogen and oxygen atoms in total. The van der Waals surface area contributed by atoms with Crippen LogP contribution >= 0.6 is 11.3 Å². The molecule has 0 fully saturated rings. The summed E-state index contributed by atoms with van der Waals surface area (Å²) in [5.41, 5.74) is 4.13. The monoisotopic (exact) mass is 423 g/mol. The summed E-state index contributed by atoms with van der Waals surface area (Å²) in [6.07, 6.45) is 0.858. The van der Waals surface area contributed by atoms with E-state index in [2.05, 4.69) is 31.0 Å². The highest BCUT2D eigenvalue weighted by Crippen LogP contribution is 2.34. The summed E-state index contributed by atoms with van der Waals surface area (Å²) in [5.74, 6) is 1.55. The molecule has 0 radical (unpaired) electrons. The Kier molecular flexibility index (Phi) is 6.01. The fourth-order valence-corrected chi connectivity index (χ4v) is 4.46. The predicted octanol–water partition coefficient (Wildman–Crippen LogP) is 4.75. The summed E-state index contributed by atoms with van der Waals surface area (Å²) in [6.45, 7) is 5.41. The van der Waals surface area contributed by atoms with Crippen LogP contribution in [0.25, 0.3) is 0 Å². The topological polar surface area (TPSA) is 54.9 Å². The summed E-state index contributed by atoms with van der Waals surface area (Å²) >= 11 is 1.50. The number of anilines is 2. The van der Waals surface area contributed by atoms with Crippen molar-refractivity contribution in [2.45, 2.75) is 33.4 Å². The van der Waals surface area contributed by atoms with Gasteiger partial charge in [0.25, 0.3) is 0 Å². The zero-order chi connectivity index (χ0) is 21.1. The van der Waals surface area contributed by atoms with Gasteiger partial charge in [-0.15, -0.1) is 11.3 Å². The maximum Gasteiger partial charge on any atom is 0.231 e. The third-order valence-electron chi connectivity index (χ3n) is 4.98. The van der Waals surface area contributed by atoms with Gasteiger partial charge in [0.15, 0.2) is 16.6 Å². The fourth-order valence-electron chi connectivity index (χ4n) is 3.59. The molecule has 2 heterocycles. The van der Waals surface area contributed by atoms with Gasteiger partial charge in [-0.25, -0.2) is 4.98 Å². The van der Waals surface area contributed by atoms with Gasteiger partial charge in [0.2, 0.25) is 12.7 Å². The third-order valence-corrected chi connectivity index (χ3v) is 5.86. The molecule has 0 saturated heterocycles. The van der Waals surface area contributed by atoms with Crippen LogP contribution in [0.15, 0.2) is 47.8 Å². The number of ether oxygens (including phenoxy) is 2. The third kappa shape index (κ3) is 4.32. The van der Waals surface area contributed by atoms with Crippen molar-refractivity contribution in [3.8, 4) is 11.5 Å². The first kappa shape index (κ1) is 20.4. The van der Waals surface area contributed by atoms with Gasteiger partial charge in [-0.05, 0) is 42.8 Å². The number of para-hydroxylation sites is 1. The van der Waals surface area contributed by atoms with Gasteiger partial charge in [0.05, 0.1) is 11.4 Å². The van der Waals surface area contributed by atoms with E-state index in [1.807, 2.05) is 35.7 Å². The zero-order valence-corrected chi connectivity index (χ0v) is 18.2. The maximum absolute atomic E-state index is 12.4. The van der Waals surface area contributed by atoms with Crippen molar-refractivity contribution in [2.24, 2.45) is 0 Å². The number of carbonyl (C=O) groups excluding carboxylic acids is 1. The van der Waals surface area contributed by atoms with Gasteiger partial charge in [-0.3, -0.25) is 14.6 Å². The lowest BCUT2D eigenvalue weighted by Gasteiger charge is -2.21. The number of hydrogen-bond donors (Lipinski definition) is 0. The van der Waals surface area contributed by atoms with E-state index in [4.69, 9.17) is 14.5 Å². The molecule has 156 valence electrons. The van der Waals surface area contributed by atoms with Crippen molar-refractivity contribution in [3.63, 3.8) is 0 Å². The molecule has 7 heteroatoms. The number of amides is 1. The first-order chi connectivity index (χ1) is 14.5. The summed E-state index contributed by atoms with van der Waals surface area (Å²) in [6, 6.07) is 14.0. The van der Waals surface area contributed by atoms with Crippen LogP contribution in [0.1, 0.15) is 30.7 Å². The molecular formula is C23H25N3O3S. The number of aryl methyl sites for hydroxylation is 1. The maximum atomic E-state index is 12.4. The van der Waals surface area contributed by atoms with Gasteiger partial charge in [0, 0.05) is 25.4 Å². The average Bonchev–Trinajstić information content (AvgIpc) is 3.37. The Morgan fingerprint density at radius 3 is 2.73 bits per heavy atom. The van der Waals surface area contributed by atoms with E-state index in [0.29, 0.717) is 11.7 Å². The number of rotatable bonds is 7. The molecule has 4 rings (SSSR count). The number of benzene rings is 2. The molecule has 1 amide bonds. The predicted molar refractivity (Wildman–Crippen MR) is 118 cm³/mol. The Balaban J connectivity index is 1.48. The molecule has 1 aliphatic rings. The molecule has 0 spiro atoms. The van der Waals surface area contributed by atoms with E-state index in [1.165, 1.54) is 11.3 Å². The van der Waals surface area contributed by atoms with Crippen LogP contribution in [0.5, 0.6) is 11.5 Å². The molecule has 1 aromatic heterocycles. The lowest BCUT2D eigenvalue weighted by atomic mass is 10.1. The van der Waals surface area contributed by atoms with Crippen LogP contribution in [0.4, 0.5) is 10.8 Å². The van der Waals surface area contributed by atoms with Crippen LogP contribution in [-0.4, -0.2) is 29.6 Å². The van der Waals surface area contributed by atoms with Gasteiger partial charge in [0.1, 0.15) is 0 Å². The molecular weight excluding hydrogens is 398 g/mol. The van der Waals surface area contributed by atoms with E-state index in [-0.39, 0.29) is 12.7 Å². The molecule has 1 aliphatic heterocycles. The van der Waals surface area contributed by atoms with E-state index in [0.717, 1.165) is 47.0 Å². The van der Waals surface area contributed by atoms with Crippen LogP contribution < -0.4 is 14.4 Å². The van der Waals surface area contributed by atoms with Crippen LogP contribution in [0.2, 0.25) is 0 Å². The fraction of sp³-hybridized carbons (Fsp3) is 0.304. The van der Waals surface area contributed by atoms with E-state index in [1.54, 1.807) is 11.8 Å². The van der Waals surface area contributed by atoms with E-state index >= 15 is 0 Å². The Hall–Kier alpha value is -2.90. The second-order valence-electron chi connectivity index (χ2n) is 7.32. The quantitative estimate of drug-likeness (QED) is 0.549. The number of nitrogens with zero attached hydrogens (tertiary/aromatic N) is 3. The normalized spacial score (nSPS) is 12.4. The Morgan fingerprint density at radius 1 is 1.13 bits per heavy atom. The molecule has 0 N–H and O–H groups in total. The van der Waals surface area contributed by atoms with E-state index in [9.17, 15) is 4.79 Å². The largest absolute Gasteiger partial charge is 0.454 e. The number of fused-ring (bicyclic) bond motifs is 1. The minimum absolute atomic E-state index is 0.0366. The summed E-state index contributed by atoms with van der Waals surface area (Å²) in [5, 5.41) is 2.73. The van der Waals surface area contributed by atoms with Gasteiger partial charge in [-0.1, -0.05) is 31.2 Å². The Morgan fingerprint density at radius 2 is 1.93 bits per heavy atom. The SMILES string of the molecule is CCc1ccccc1N(C(C)=O)c1nc(CN(C)Cc2ccc3c(c2)OCO3)cs1. The summed E-state index contributed by atoms with van der Waals surface area (Å²) in [7, 11) is 2.05. The second-order valence-corrected chi connectivity index (χ2v) is 8.15. The zero-order valence-electron chi connectivity index (χ0n) is 17.4. The van der Waals surface area contributed by atoms with Crippen molar-refractivity contribution >= 4 is 28.1 Å². The summed E-state index contributed by atoms with van der Waals surface area (Å²) < 4.78 is 10.8. The molecule has 30 heavy (non-hydrogen) atoms. The highest BCUT2D eigenvalue weighted by molar-refractivity contribution is 7.14. The number of carbonyl (C=O) groups is 1. The Bertz CT molecular complexity index is 1050. The first-order valence-corrected chi connectivity index (χ1v) is 10.8. The van der Waals surface area contributed by atoms with Crippen molar-refractivity contribution in [2.75, 3.05) is 18.7 Å². The molecule has 2 aromatic carbocycles. The van der Waals surface area contributed by atoms with Gasteiger partial charge >= 0.3 is 0 Å². The number of hydrogen-bond acceptors (Lipinski definition) is 6. The highest BCUT2D eigenvalue weighted by atomic mass is 32.1. The highest BCUT2D eigenvalue weighted by Gasteiger charge is 2.20. The minimum atomic E-state index is -0.0366. The van der Waals surface area contributed by atoms with Crippen LogP contribution in [-0.2, 0) is 24.3 Å². The van der Waals surface area contributed by atoms with Crippen LogP contribution in [0, 0.1) is 0 Å². The smallest absolute Gasteiger partial charge is 0.231 e. The standard InChI is InChI=1S/C23H25N3O3S/c1-4-18-7-5-6-8-20(18)26(16(2)27)23-24-19(14-30-23)13-25(3)12-17-9-10-21-22(11-17)29-15-28-21/h5-11,14H,4,12-13,15H2,1-3H3. The molecule has 0 unspecified atom stereocenters. The first-order valence-electron chi connectivity index (χ1n) is 9.95. The molecule has 0 atom stereocenters. The molecule has 0 aliphatic carbocycles. The molecule has 0 saturated carbocycles. The molecule has 0 bridgehead atoms. The van der Waals surface area contributed by atoms with Crippen LogP contribution in [0.3, 0.4) is 0 Å². The van der Waals surface area contributed by atoms with E-state index < -0.39 is 0 Å². The van der Waals surface area contributed by atoms with Crippen molar-refractivity contribution in [1.29, 1.82) is 0 Å². The van der Waals surface area contributed by atoms with Crippen molar-refractivity contribution in [1.82, 2.24) is 9.88 Å². The van der Waals surface area contributed by atoms with Crippen molar-refractivity contribution < 1.29 is 14.3 Å². The van der Waals surface area contributed by atoms with Gasteiger partial charge < -0.3 is 9.47 Å². The number of aromatic nitrogens is 1.